The van der Waals surface area contributed by atoms with Crippen molar-refractivity contribution in [1.82, 2.24) is 19.6 Å². The lowest BCUT2D eigenvalue weighted by atomic mass is 10.0. The number of aromatic nitrogens is 2. The molecule has 182 valence electrons. The number of aliphatic carboxylic acids is 1. The highest BCUT2D eigenvalue weighted by Crippen LogP contribution is 2.42. The molecule has 14 nitrogen and oxygen atoms in total. The van der Waals surface area contributed by atoms with Crippen LogP contribution in [-0.2, 0) is 25.6 Å². The molecule has 2 aliphatic heterocycles. The molecule has 2 amide bonds. The minimum atomic E-state index is -1.19. The number of non-ortho nitro benzene ring substituents is 1. The lowest BCUT2D eigenvalue weighted by Gasteiger charge is -2.48. The Labute approximate surface area is 205 Å². The molecule has 3 heterocycles. The largest absolute Gasteiger partial charge is 0.478 e. The standard InChI is InChI=1S/C19H17N7O7S2/c1-33-23-12(14-22-19(20)35-24-14)15(27)21-13-16(28)25-7-10(18(29)30)11(34-17(13)25)6-8-2-4-9(5-3-8)26(31)32/h2-5,7,11,13,17H,6H2,1H3,(H,21,27)(H,29,30)(H2,20,22,24)/t11?,13?,17-/m1/s1. The molecule has 1 fully saturated rings. The number of carboxylic acid groups (broad SMARTS) is 1. The second kappa shape index (κ2) is 9.67. The van der Waals surface area contributed by atoms with Crippen molar-refractivity contribution in [3.63, 3.8) is 0 Å². The smallest absolute Gasteiger partial charge is 0.334 e. The van der Waals surface area contributed by atoms with Crippen LogP contribution in [0.25, 0.3) is 0 Å². The zero-order valence-electron chi connectivity index (χ0n) is 17.9. The number of hydrogen-bond donors (Lipinski definition) is 3. The van der Waals surface area contributed by atoms with Gasteiger partial charge in [-0.15, -0.1) is 11.8 Å². The number of nitrogen functional groups attached to an aromatic ring is 1. The first kappa shape index (κ1) is 24.1. The molecular weight excluding hydrogens is 502 g/mol. The Balaban J connectivity index is 1.52. The molecule has 16 heteroatoms. The van der Waals surface area contributed by atoms with Crippen molar-refractivity contribution in [1.29, 1.82) is 0 Å². The first-order chi connectivity index (χ1) is 16.7. The quantitative estimate of drug-likeness (QED) is 0.188. The third-order valence-electron chi connectivity index (χ3n) is 5.16. The molecule has 2 aromatic rings. The van der Waals surface area contributed by atoms with E-state index in [1.165, 1.54) is 42.1 Å². The van der Waals surface area contributed by atoms with Crippen molar-refractivity contribution in [2.45, 2.75) is 23.1 Å². The number of oxime groups is 1. The number of thioether (sulfide) groups is 1. The highest BCUT2D eigenvalue weighted by atomic mass is 32.2. The number of hydrogen-bond acceptors (Lipinski definition) is 12. The minimum Gasteiger partial charge on any atom is -0.478 e. The van der Waals surface area contributed by atoms with Gasteiger partial charge in [0.1, 0.15) is 18.5 Å². The topological polar surface area (TPSA) is 203 Å². The summed E-state index contributed by atoms with van der Waals surface area (Å²) < 4.78 is 3.93. The number of carboxylic acids is 1. The summed E-state index contributed by atoms with van der Waals surface area (Å²) >= 11 is 2.05. The van der Waals surface area contributed by atoms with Crippen LogP contribution in [0, 0.1) is 10.1 Å². The fourth-order valence-corrected chi connectivity index (χ4v) is 5.52. The molecule has 1 aromatic carbocycles. The molecule has 35 heavy (non-hydrogen) atoms. The number of fused-ring (bicyclic) bond motifs is 1. The van der Waals surface area contributed by atoms with Crippen molar-refractivity contribution in [2.75, 3.05) is 12.8 Å². The lowest BCUT2D eigenvalue weighted by molar-refractivity contribution is -0.384. The van der Waals surface area contributed by atoms with Gasteiger partial charge in [-0.3, -0.25) is 19.7 Å². The van der Waals surface area contributed by atoms with Crippen LogP contribution in [0.15, 0.2) is 41.2 Å². The monoisotopic (exact) mass is 519 g/mol. The van der Waals surface area contributed by atoms with Crippen molar-refractivity contribution >= 4 is 57.6 Å². The third kappa shape index (κ3) is 4.78. The van der Waals surface area contributed by atoms with Gasteiger partial charge in [-0.1, -0.05) is 17.3 Å². The van der Waals surface area contributed by atoms with E-state index in [-0.39, 0.29) is 34.3 Å². The van der Waals surface area contributed by atoms with Gasteiger partial charge < -0.3 is 25.9 Å². The zero-order valence-corrected chi connectivity index (χ0v) is 19.5. The van der Waals surface area contributed by atoms with Crippen LogP contribution < -0.4 is 11.1 Å². The molecule has 1 aromatic heterocycles. The average Bonchev–Trinajstić information content (AvgIpc) is 3.26. The van der Waals surface area contributed by atoms with Crippen molar-refractivity contribution < 1.29 is 29.3 Å². The van der Waals surface area contributed by atoms with Gasteiger partial charge in [0, 0.05) is 35.1 Å². The number of nitrogens with one attached hydrogen (secondary N) is 1. The normalized spacial score (nSPS) is 21.5. The van der Waals surface area contributed by atoms with E-state index in [0.29, 0.717) is 5.56 Å². The molecule has 0 aliphatic carbocycles. The third-order valence-corrected chi connectivity index (χ3v) is 7.23. The van der Waals surface area contributed by atoms with Crippen LogP contribution in [0.5, 0.6) is 0 Å². The second-order valence-corrected chi connectivity index (χ2v) is 9.42. The van der Waals surface area contributed by atoms with Gasteiger partial charge in [0.05, 0.1) is 10.5 Å². The van der Waals surface area contributed by atoms with E-state index < -0.39 is 39.4 Å². The number of amides is 2. The molecule has 2 unspecified atom stereocenters. The number of rotatable bonds is 8. The molecular formula is C19H17N7O7S2. The summed E-state index contributed by atoms with van der Waals surface area (Å²) in [6.07, 6.45) is 1.51. The summed E-state index contributed by atoms with van der Waals surface area (Å²) in [6, 6.07) is 4.82. The van der Waals surface area contributed by atoms with Gasteiger partial charge in [0.2, 0.25) is 11.5 Å². The first-order valence-electron chi connectivity index (χ1n) is 9.87. The number of carbonyl (C=O) groups is 3. The van der Waals surface area contributed by atoms with Crippen molar-refractivity contribution in [3.8, 4) is 0 Å². The van der Waals surface area contributed by atoms with E-state index in [1.54, 1.807) is 12.1 Å². The highest BCUT2D eigenvalue weighted by molar-refractivity contribution is 8.01. The van der Waals surface area contributed by atoms with E-state index in [9.17, 15) is 29.6 Å². The molecule has 4 rings (SSSR count). The number of nitro benzene ring substituents is 1. The van der Waals surface area contributed by atoms with Crippen LogP contribution >= 0.6 is 23.3 Å². The summed E-state index contributed by atoms with van der Waals surface area (Å²) in [5.41, 5.74) is 5.91. The van der Waals surface area contributed by atoms with Gasteiger partial charge in [0.15, 0.2) is 5.13 Å². The fourth-order valence-electron chi connectivity index (χ4n) is 3.51. The Morgan fingerprint density at radius 2 is 2.09 bits per heavy atom. The summed E-state index contributed by atoms with van der Waals surface area (Å²) in [6.45, 7) is 0. The molecule has 3 atom stereocenters. The molecule has 2 aliphatic rings. The van der Waals surface area contributed by atoms with Gasteiger partial charge in [-0.05, 0) is 12.0 Å². The molecule has 0 bridgehead atoms. The number of nitrogens with two attached hydrogens (primary N) is 1. The zero-order chi connectivity index (χ0) is 25.3. The van der Waals surface area contributed by atoms with Crippen molar-refractivity contribution in [2.24, 2.45) is 5.16 Å². The molecule has 0 radical (unpaired) electrons. The van der Waals surface area contributed by atoms with Gasteiger partial charge in [-0.2, -0.15) is 9.36 Å². The van der Waals surface area contributed by atoms with Crippen LogP contribution in [0.1, 0.15) is 11.4 Å². The Morgan fingerprint density at radius 1 is 1.37 bits per heavy atom. The number of nitrogens with zero attached hydrogens (tertiary/aromatic N) is 5. The van der Waals surface area contributed by atoms with Crippen molar-refractivity contribution in [3.05, 3.63) is 57.5 Å². The summed E-state index contributed by atoms with van der Waals surface area (Å²) in [5, 5.41) is 25.7. The van der Waals surface area contributed by atoms with Crippen LogP contribution in [-0.4, -0.2) is 71.6 Å². The lowest BCUT2D eigenvalue weighted by Crippen LogP contribution is -2.69. The molecule has 0 spiro atoms. The Kier molecular flexibility index (Phi) is 6.65. The summed E-state index contributed by atoms with van der Waals surface area (Å²) in [4.78, 5) is 57.5. The van der Waals surface area contributed by atoms with Gasteiger partial charge >= 0.3 is 5.97 Å². The maximum atomic E-state index is 12.8. The Morgan fingerprint density at radius 3 is 2.66 bits per heavy atom. The number of anilines is 1. The summed E-state index contributed by atoms with van der Waals surface area (Å²) in [7, 11) is 1.23. The van der Waals surface area contributed by atoms with Crippen LogP contribution in [0.4, 0.5) is 10.8 Å². The maximum Gasteiger partial charge on any atom is 0.334 e. The molecule has 4 N–H and O–H groups in total. The first-order valence-corrected chi connectivity index (χ1v) is 11.6. The fraction of sp³-hybridized carbons (Fsp3) is 0.263. The number of nitro groups is 1. The predicted molar refractivity (Wildman–Crippen MR) is 124 cm³/mol. The second-order valence-electron chi connectivity index (χ2n) is 7.31. The number of carbonyl (C=O) groups excluding carboxylic acids is 2. The SMILES string of the molecule is CON=C(C(=O)NC1C(=O)N2C=C(C(=O)O)C(Cc3ccc([N+](=O)[O-])cc3)S[C@H]12)c1nsc(N)n1. The minimum absolute atomic E-state index is 0.00603. The van der Waals surface area contributed by atoms with Crippen LogP contribution in [0.2, 0.25) is 0 Å². The van der Waals surface area contributed by atoms with Gasteiger partial charge in [-0.25, -0.2) is 4.79 Å². The van der Waals surface area contributed by atoms with Crippen LogP contribution in [0.3, 0.4) is 0 Å². The maximum absolute atomic E-state index is 12.8. The predicted octanol–water partition coefficient (Wildman–Crippen LogP) is 0.359. The van der Waals surface area contributed by atoms with E-state index in [2.05, 4.69) is 19.8 Å². The van der Waals surface area contributed by atoms with E-state index in [4.69, 9.17) is 10.6 Å². The number of benzene rings is 1. The number of β-lactam (4-membered cyclic amide) rings is 1. The highest BCUT2D eigenvalue weighted by Gasteiger charge is 2.52. The molecule has 0 saturated carbocycles. The average molecular weight is 520 g/mol. The molecule has 1 saturated heterocycles. The van der Waals surface area contributed by atoms with E-state index in [0.717, 1.165) is 11.5 Å². The van der Waals surface area contributed by atoms with E-state index in [1.807, 2.05) is 0 Å². The van der Waals surface area contributed by atoms with E-state index >= 15 is 0 Å². The Hall–Kier alpha value is -4.05. The van der Waals surface area contributed by atoms with Gasteiger partial charge in [0.25, 0.3) is 17.5 Å². The summed E-state index contributed by atoms with van der Waals surface area (Å²) in [5.74, 6) is -2.50. The Bertz CT molecular complexity index is 1260.